The van der Waals surface area contributed by atoms with E-state index in [2.05, 4.69) is 4.90 Å². The minimum Gasteiger partial charge on any atom is -0.508 e. The molecule has 6 N–H and O–H groups in total. The number of benzene rings is 1. The number of carbonyl (C=O) groups excluding carboxylic acids is 3. The van der Waals surface area contributed by atoms with Gasteiger partial charge < -0.3 is 26.2 Å². The Morgan fingerprint density at radius 2 is 1.76 bits per heavy atom. The SMILES string of the molecule is CN(C)[C@@H]1C(=O)C(C(N)=O)=C(O)[C@@]2(O)C(=O)C3=C(O)c4c(O)cc(CN5CCC(C6CC6)CC5)c(F)c4C[C@H]3C[C@@H]12. The quantitative estimate of drug-likeness (QED) is 0.332. The van der Waals surface area contributed by atoms with Crippen molar-refractivity contribution >= 4 is 23.2 Å². The largest absolute Gasteiger partial charge is 0.508 e. The van der Waals surface area contributed by atoms with Gasteiger partial charge in [-0.15, -0.1) is 0 Å². The van der Waals surface area contributed by atoms with E-state index in [1.165, 1.54) is 37.9 Å². The van der Waals surface area contributed by atoms with Gasteiger partial charge in [0.25, 0.3) is 5.91 Å². The molecule has 4 atom stereocenters. The Hall–Kier alpha value is -3.28. The number of hydrogen-bond acceptors (Lipinski definition) is 9. The predicted molar refractivity (Wildman–Crippen MR) is 145 cm³/mol. The van der Waals surface area contributed by atoms with E-state index in [0.717, 1.165) is 37.8 Å². The van der Waals surface area contributed by atoms with Crippen LogP contribution in [-0.2, 0) is 27.3 Å². The molecule has 41 heavy (non-hydrogen) atoms. The molecule has 1 aromatic carbocycles. The van der Waals surface area contributed by atoms with Crippen LogP contribution in [0.3, 0.4) is 0 Å². The van der Waals surface area contributed by atoms with Crippen LogP contribution >= 0.6 is 0 Å². The highest BCUT2D eigenvalue weighted by Crippen LogP contribution is 2.53. The standard InChI is InChI=1S/C30H36FN3O7/c1-33(2)24-18-10-15-9-17-21(25(36)20(15)27(38)30(18,41)28(39)22(26(24)37)29(32)40)19(35)11-16(23(17)31)12-34-7-5-14(6-8-34)13-3-4-13/h11,13-15,18,24,35-36,39,41H,3-10,12H2,1-2H3,(H2,32,40)/t15-,18-,24-,30-/m0/s1. The van der Waals surface area contributed by atoms with Crippen molar-refractivity contribution in [2.45, 2.75) is 56.7 Å². The smallest absolute Gasteiger partial charge is 0.255 e. The molecule has 0 radical (unpaired) electrons. The number of phenolic OH excluding ortho intramolecular Hbond substituents is 1. The van der Waals surface area contributed by atoms with Gasteiger partial charge in [0.05, 0.1) is 11.6 Å². The number of carbonyl (C=O) groups is 3. The van der Waals surface area contributed by atoms with Crippen molar-refractivity contribution < 1.29 is 39.2 Å². The van der Waals surface area contributed by atoms with Gasteiger partial charge in [-0.3, -0.25) is 24.2 Å². The van der Waals surface area contributed by atoms with Crippen LogP contribution in [0.15, 0.2) is 23.0 Å². The number of primary amides is 1. The molecule has 0 aromatic heterocycles. The van der Waals surface area contributed by atoms with Crippen molar-refractivity contribution in [3.8, 4) is 5.75 Å². The molecule has 4 aliphatic carbocycles. The van der Waals surface area contributed by atoms with Gasteiger partial charge in [0.15, 0.2) is 11.4 Å². The Morgan fingerprint density at radius 1 is 1.12 bits per heavy atom. The van der Waals surface area contributed by atoms with Crippen LogP contribution in [0.25, 0.3) is 5.76 Å². The van der Waals surface area contributed by atoms with Gasteiger partial charge in [0, 0.05) is 29.2 Å². The third-order valence-corrected chi connectivity index (χ3v) is 10.0. The van der Waals surface area contributed by atoms with Crippen LogP contribution in [0.4, 0.5) is 4.39 Å². The number of phenols is 1. The average molecular weight is 570 g/mol. The first-order valence-electron chi connectivity index (χ1n) is 14.3. The fraction of sp³-hybridized carbons (Fsp3) is 0.567. The first-order valence-corrected chi connectivity index (χ1v) is 14.3. The number of aliphatic hydroxyl groups excluding tert-OH is 2. The molecular weight excluding hydrogens is 533 g/mol. The summed E-state index contributed by atoms with van der Waals surface area (Å²) >= 11 is 0. The molecule has 0 spiro atoms. The summed E-state index contributed by atoms with van der Waals surface area (Å²) in [6.45, 7) is 1.99. The van der Waals surface area contributed by atoms with Crippen LogP contribution in [-0.4, -0.2) is 86.5 Å². The number of nitrogens with zero attached hydrogens (tertiary/aromatic N) is 2. The zero-order chi connectivity index (χ0) is 29.5. The lowest BCUT2D eigenvalue weighted by Crippen LogP contribution is -2.65. The van der Waals surface area contributed by atoms with E-state index in [0.29, 0.717) is 12.1 Å². The van der Waals surface area contributed by atoms with E-state index in [9.17, 15) is 34.8 Å². The molecule has 1 amide bonds. The second-order valence-corrected chi connectivity index (χ2v) is 12.6. The van der Waals surface area contributed by atoms with Crippen molar-refractivity contribution in [1.29, 1.82) is 0 Å². The number of nitrogens with two attached hydrogens (primary N) is 1. The van der Waals surface area contributed by atoms with Gasteiger partial charge in [-0.2, -0.15) is 0 Å². The van der Waals surface area contributed by atoms with Gasteiger partial charge in [-0.1, -0.05) is 0 Å². The lowest BCUT2D eigenvalue weighted by Gasteiger charge is -2.50. The number of ketones is 2. The molecule has 1 aromatic rings. The normalized spacial score (nSPS) is 30.9. The van der Waals surface area contributed by atoms with Gasteiger partial charge in [-0.05, 0) is 89.5 Å². The fourth-order valence-corrected chi connectivity index (χ4v) is 7.85. The first kappa shape index (κ1) is 27.9. The van der Waals surface area contributed by atoms with Gasteiger partial charge in [0.2, 0.25) is 5.78 Å². The molecule has 10 nitrogen and oxygen atoms in total. The third-order valence-electron chi connectivity index (χ3n) is 10.0. The number of likely N-dealkylation sites (tertiary alicyclic amines) is 1. The molecular formula is C30H36FN3O7. The van der Waals surface area contributed by atoms with Crippen LogP contribution in [0.1, 0.15) is 48.8 Å². The van der Waals surface area contributed by atoms with E-state index in [1.54, 1.807) is 0 Å². The molecule has 0 unspecified atom stereocenters. The summed E-state index contributed by atoms with van der Waals surface area (Å²) in [7, 11) is 3.07. The highest BCUT2D eigenvalue weighted by atomic mass is 19.1. The van der Waals surface area contributed by atoms with Crippen molar-refractivity contribution in [3.63, 3.8) is 0 Å². The van der Waals surface area contributed by atoms with E-state index >= 15 is 4.39 Å². The second-order valence-electron chi connectivity index (χ2n) is 12.6. The monoisotopic (exact) mass is 569 g/mol. The Balaban J connectivity index is 1.38. The van der Waals surface area contributed by atoms with E-state index < -0.39 is 69.6 Å². The molecule has 1 aliphatic heterocycles. The van der Waals surface area contributed by atoms with Crippen LogP contribution in [0.2, 0.25) is 0 Å². The molecule has 220 valence electrons. The number of rotatable bonds is 5. The summed E-state index contributed by atoms with van der Waals surface area (Å²) in [4.78, 5) is 42.7. The van der Waals surface area contributed by atoms with E-state index in [1.807, 2.05) is 0 Å². The zero-order valence-electron chi connectivity index (χ0n) is 23.2. The Kier molecular flexibility index (Phi) is 6.55. The third kappa shape index (κ3) is 4.11. The summed E-state index contributed by atoms with van der Waals surface area (Å²) in [6.07, 6.45) is 4.58. The van der Waals surface area contributed by atoms with Crippen molar-refractivity contribution in [1.82, 2.24) is 9.80 Å². The number of Topliss-reactive ketones (excluding diaryl/α,β-unsaturated/α-hetero) is 2. The Bertz CT molecular complexity index is 1420. The number of piperidine rings is 1. The second kappa shape index (κ2) is 9.64. The maximum Gasteiger partial charge on any atom is 0.255 e. The lowest BCUT2D eigenvalue weighted by atomic mass is 9.57. The first-order chi connectivity index (χ1) is 19.4. The van der Waals surface area contributed by atoms with Gasteiger partial charge >= 0.3 is 0 Å². The Labute approximate surface area is 236 Å². The molecule has 5 aliphatic rings. The fourth-order valence-electron chi connectivity index (χ4n) is 7.85. The average Bonchev–Trinajstić information content (AvgIpc) is 3.75. The topological polar surface area (TPSA) is 165 Å². The summed E-state index contributed by atoms with van der Waals surface area (Å²) in [5, 5.41) is 44.8. The molecule has 1 saturated heterocycles. The van der Waals surface area contributed by atoms with Crippen molar-refractivity contribution in [2.24, 2.45) is 29.4 Å². The van der Waals surface area contributed by atoms with Gasteiger partial charge in [-0.25, -0.2) is 4.39 Å². The van der Waals surface area contributed by atoms with Crippen LogP contribution < -0.4 is 5.73 Å². The van der Waals surface area contributed by atoms with Crippen molar-refractivity contribution in [2.75, 3.05) is 27.2 Å². The van der Waals surface area contributed by atoms with Crippen LogP contribution in [0, 0.1) is 29.5 Å². The highest BCUT2D eigenvalue weighted by molar-refractivity contribution is 6.24. The summed E-state index contributed by atoms with van der Waals surface area (Å²) in [6, 6.07) is 0.0862. The number of fused-ring (bicyclic) bond motifs is 3. The van der Waals surface area contributed by atoms with E-state index in [4.69, 9.17) is 5.73 Å². The molecule has 0 bridgehead atoms. The molecule has 2 saturated carbocycles. The predicted octanol–water partition coefficient (Wildman–Crippen LogP) is 1.73. The lowest BCUT2D eigenvalue weighted by molar-refractivity contribution is -0.153. The minimum absolute atomic E-state index is 0.0640. The zero-order valence-corrected chi connectivity index (χ0v) is 23.2. The molecule has 11 heteroatoms. The number of amides is 1. The minimum atomic E-state index is -2.72. The number of hydrogen-bond donors (Lipinski definition) is 5. The molecule has 6 rings (SSSR count). The number of halogens is 1. The maximum absolute atomic E-state index is 16.0. The summed E-state index contributed by atoms with van der Waals surface area (Å²) in [5.41, 5.74) is 1.60. The number of aliphatic hydroxyl groups is 3. The summed E-state index contributed by atoms with van der Waals surface area (Å²) in [5.74, 6) is -6.48. The van der Waals surface area contributed by atoms with E-state index in [-0.39, 0.29) is 29.5 Å². The molecule has 1 heterocycles. The Morgan fingerprint density at radius 3 is 2.34 bits per heavy atom. The van der Waals surface area contributed by atoms with Crippen molar-refractivity contribution in [3.05, 3.63) is 45.5 Å². The maximum atomic E-state index is 16.0. The number of aromatic hydroxyl groups is 1. The molecule has 3 fully saturated rings. The van der Waals surface area contributed by atoms with Crippen LogP contribution in [0.5, 0.6) is 5.75 Å². The number of likely N-dealkylation sites (N-methyl/N-ethyl adjacent to an activating group) is 1. The van der Waals surface area contributed by atoms with Gasteiger partial charge in [0.1, 0.15) is 28.7 Å². The summed E-state index contributed by atoms with van der Waals surface area (Å²) < 4.78 is 16.0. The highest BCUT2D eigenvalue weighted by Gasteiger charge is 2.64.